The topological polar surface area (TPSA) is 75.1 Å². The first-order valence-corrected chi connectivity index (χ1v) is 8.60. The van der Waals surface area contributed by atoms with E-state index >= 15 is 0 Å². The van der Waals surface area contributed by atoms with Gasteiger partial charge in [0.15, 0.2) is 5.17 Å². The maximum atomic E-state index is 14.2. The van der Waals surface area contributed by atoms with Crippen LogP contribution in [0.5, 0.6) is 0 Å². The van der Waals surface area contributed by atoms with E-state index in [4.69, 9.17) is 11.0 Å². The Balaban J connectivity index is 1.88. The Morgan fingerprint density at radius 3 is 2.72 bits per heavy atom. The second-order valence-corrected chi connectivity index (χ2v) is 7.14. The number of halogens is 1. The molecule has 0 amide bonds. The van der Waals surface area contributed by atoms with Gasteiger partial charge in [-0.1, -0.05) is 24.6 Å². The lowest BCUT2D eigenvalue weighted by molar-refractivity contribution is 0.562. The summed E-state index contributed by atoms with van der Waals surface area (Å²) in [6.07, 6.45) is 2.20. The van der Waals surface area contributed by atoms with Gasteiger partial charge >= 0.3 is 0 Å². The van der Waals surface area contributed by atoms with Crippen molar-refractivity contribution in [2.75, 3.05) is 0 Å². The van der Waals surface area contributed by atoms with E-state index in [1.807, 2.05) is 6.07 Å². The summed E-state index contributed by atoms with van der Waals surface area (Å²) in [5.74, 6) is 5.60. The van der Waals surface area contributed by atoms with E-state index < -0.39 is 0 Å². The van der Waals surface area contributed by atoms with E-state index in [1.54, 1.807) is 24.3 Å². The molecule has 2 aromatic rings. The molecule has 0 fully saturated rings. The molecule has 2 N–H and O–H groups in total. The molecule has 0 saturated heterocycles. The summed E-state index contributed by atoms with van der Waals surface area (Å²) in [5.41, 5.74) is 8.05. The Bertz CT molecular complexity index is 919. The van der Waals surface area contributed by atoms with Gasteiger partial charge in [0, 0.05) is 22.6 Å². The predicted molar refractivity (Wildman–Crippen MR) is 97.4 cm³/mol. The maximum absolute atomic E-state index is 14.2. The maximum Gasteiger partial charge on any atom is 0.154 e. The number of hydrogen-bond donors (Lipinski definition) is 1. The Morgan fingerprint density at radius 1 is 1.24 bits per heavy atom. The SMILES string of the molecule is CC1CC(c2cc(C#Cc3ccc(C#N)cn3)ccc2F)N=C(N)S1. The number of hydrogen-bond acceptors (Lipinski definition) is 5. The van der Waals surface area contributed by atoms with E-state index in [-0.39, 0.29) is 11.9 Å². The number of nitrogens with two attached hydrogens (primary N) is 1. The molecule has 3 rings (SSSR count). The fourth-order valence-electron chi connectivity index (χ4n) is 2.55. The number of pyridine rings is 1. The van der Waals surface area contributed by atoms with Crippen LogP contribution < -0.4 is 5.73 Å². The van der Waals surface area contributed by atoms with Crippen LogP contribution in [0.3, 0.4) is 0 Å². The molecule has 1 aliphatic rings. The minimum atomic E-state index is -0.303. The van der Waals surface area contributed by atoms with Crippen LogP contribution >= 0.6 is 11.8 Å². The summed E-state index contributed by atoms with van der Waals surface area (Å²) < 4.78 is 14.2. The first-order valence-electron chi connectivity index (χ1n) is 7.72. The van der Waals surface area contributed by atoms with Gasteiger partial charge < -0.3 is 5.73 Å². The van der Waals surface area contributed by atoms with Crippen LogP contribution in [0.15, 0.2) is 41.5 Å². The number of thioether (sulfide) groups is 1. The standard InChI is InChI=1S/C19H15FN4S/c1-12-8-18(24-19(22)25-12)16-9-13(4-7-17(16)20)2-5-15-6-3-14(10-21)11-23-15/h3-4,6-7,9,11-12,18H,8H2,1H3,(H2,22,24). The molecule has 0 bridgehead atoms. The number of benzene rings is 1. The van der Waals surface area contributed by atoms with E-state index in [9.17, 15) is 4.39 Å². The van der Waals surface area contributed by atoms with Crippen molar-refractivity contribution < 1.29 is 4.39 Å². The van der Waals surface area contributed by atoms with Gasteiger partial charge in [-0.2, -0.15) is 5.26 Å². The third kappa shape index (κ3) is 4.17. The van der Waals surface area contributed by atoms with Crippen molar-refractivity contribution in [3.63, 3.8) is 0 Å². The molecule has 6 heteroatoms. The highest BCUT2D eigenvalue weighted by Gasteiger charge is 2.23. The quantitative estimate of drug-likeness (QED) is 0.800. The van der Waals surface area contributed by atoms with Crippen molar-refractivity contribution in [2.24, 2.45) is 10.7 Å². The molecule has 0 saturated carbocycles. The number of aliphatic imine (C=N–C) groups is 1. The fourth-order valence-corrected chi connectivity index (χ4v) is 3.43. The average molecular weight is 350 g/mol. The van der Waals surface area contributed by atoms with Crippen LogP contribution in [0.2, 0.25) is 0 Å². The predicted octanol–water partition coefficient (Wildman–Crippen LogP) is 3.37. The summed E-state index contributed by atoms with van der Waals surface area (Å²) in [5, 5.41) is 9.55. The van der Waals surface area contributed by atoms with Gasteiger partial charge in [-0.3, -0.25) is 4.99 Å². The highest BCUT2D eigenvalue weighted by atomic mass is 32.2. The Hall–Kier alpha value is -2.83. The van der Waals surface area contributed by atoms with Crippen LogP contribution in [-0.4, -0.2) is 15.4 Å². The lowest BCUT2D eigenvalue weighted by Gasteiger charge is -2.23. The second kappa shape index (κ2) is 7.38. The number of nitriles is 1. The second-order valence-electron chi connectivity index (χ2n) is 5.68. The van der Waals surface area contributed by atoms with Crippen LogP contribution in [0.1, 0.15) is 41.8 Å². The molecule has 4 nitrogen and oxygen atoms in total. The fraction of sp³-hybridized carbons (Fsp3) is 0.211. The average Bonchev–Trinajstić information content (AvgIpc) is 2.60. The van der Waals surface area contributed by atoms with E-state index in [2.05, 4.69) is 28.7 Å². The summed E-state index contributed by atoms with van der Waals surface area (Å²) in [4.78, 5) is 8.47. The number of nitrogens with zero attached hydrogens (tertiary/aromatic N) is 3. The minimum absolute atomic E-state index is 0.286. The number of aromatic nitrogens is 1. The van der Waals surface area contributed by atoms with Crippen molar-refractivity contribution in [2.45, 2.75) is 24.6 Å². The van der Waals surface area contributed by atoms with Crippen LogP contribution in [0.25, 0.3) is 0 Å². The summed E-state index contributed by atoms with van der Waals surface area (Å²) in [6, 6.07) is 9.82. The Kier molecular flexibility index (Phi) is 5.02. The van der Waals surface area contributed by atoms with Crippen LogP contribution in [-0.2, 0) is 0 Å². The van der Waals surface area contributed by atoms with E-state index in [0.29, 0.717) is 32.8 Å². The van der Waals surface area contributed by atoms with Crippen LogP contribution in [0, 0.1) is 29.0 Å². The molecule has 2 heterocycles. The highest BCUT2D eigenvalue weighted by Crippen LogP contribution is 2.34. The van der Waals surface area contributed by atoms with Gasteiger partial charge in [0.2, 0.25) is 0 Å². The summed E-state index contributed by atoms with van der Waals surface area (Å²) in [7, 11) is 0. The largest absolute Gasteiger partial charge is 0.379 e. The number of rotatable bonds is 1. The lowest BCUT2D eigenvalue weighted by atomic mass is 9.99. The minimum Gasteiger partial charge on any atom is -0.379 e. The summed E-state index contributed by atoms with van der Waals surface area (Å²) in [6.45, 7) is 2.05. The third-order valence-corrected chi connectivity index (χ3v) is 4.68. The molecule has 1 aromatic heterocycles. The van der Waals surface area contributed by atoms with Gasteiger partial charge in [-0.15, -0.1) is 0 Å². The van der Waals surface area contributed by atoms with Gasteiger partial charge in [0.1, 0.15) is 17.6 Å². The molecule has 0 aliphatic carbocycles. The Labute approximate surface area is 150 Å². The zero-order valence-electron chi connectivity index (χ0n) is 13.5. The van der Waals surface area contributed by atoms with Gasteiger partial charge in [-0.05, 0) is 42.7 Å². The Morgan fingerprint density at radius 2 is 2.04 bits per heavy atom. The normalized spacial score (nSPS) is 19.3. The van der Waals surface area contributed by atoms with Gasteiger partial charge in [-0.25, -0.2) is 9.37 Å². The van der Waals surface area contributed by atoms with Crippen molar-refractivity contribution in [1.29, 1.82) is 5.26 Å². The van der Waals surface area contributed by atoms with Crippen molar-refractivity contribution in [3.05, 3.63) is 64.7 Å². The molecule has 25 heavy (non-hydrogen) atoms. The number of amidine groups is 1. The molecule has 124 valence electrons. The molecule has 0 radical (unpaired) electrons. The first kappa shape index (κ1) is 17.0. The van der Waals surface area contributed by atoms with E-state index in [0.717, 1.165) is 6.42 Å². The molecule has 1 aliphatic heterocycles. The zero-order chi connectivity index (χ0) is 17.8. The van der Waals surface area contributed by atoms with Crippen molar-refractivity contribution >= 4 is 16.9 Å². The lowest BCUT2D eigenvalue weighted by Crippen LogP contribution is -2.21. The summed E-state index contributed by atoms with van der Waals surface area (Å²) >= 11 is 1.51. The van der Waals surface area contributed by atoms with E-state index in [1.165, 1.54) is 24.0 Å². The first-order chi connectivity index (χ1) is 12.0. The third-order valence-electron chi connectivity index (χ3n) is 3.74. The molecule has 2 atom stereocenters. The monoisotopic (exact) mass is 350 g/mol. The molecular formula is C19H15FN4S. The highest BCUT2D eigenvalue weighted by molar-refractivity contribution is 8.14. The van der Waals surface area contributed by atoms with Crippen molar-refractivity contribution in [1.82, 2.24) is 4.98 Å². The molecular weight excluding hydrogens is 335 g/mol. The molecule has 1 aromatic carbocycles. The van der Waals surface area contributed by atoms with Crippen LogP contribution in [0.4, 0.5) is 4.39 Å². The van der Waals surface area contributed by atoms with Gasteiger partial charge in [0.05, 0.1) is 11.6 Å². The molecule has 0 spiro atoms. The zero-order valence-corrected chi connectivity index (χ0v) is 14.3. The van der Waals surface area contributed by atoms with Gasteiger partial charge in [0.25, 0.3) is 0 Å². The molecule has 2 unspecified atom stereocenters. The van der Waals surface area contributed by atoms with Crippen molar-refractivity contribution in [3.8, 4) is 17.9 Å². The smallest absolute Gasteiger partial charge is 0.154 e.